The Morgan fingerprint density at radius 2 is 1.94 bits per heavy atom. The van der Waals surface area contributed by atoms with Crippen LogP contribution in [0, 0.1) is 0 Å². The first-order valence-electron chi connectivity index (χ1n) is 5.84. The van der Waals surface area contributed by atoms with Crippen molar-refractivity contribution in [3.63, 3.8) is 0 Å². The van der Waals surface area contributed by atoms with Crippen LogP contribution in [0.15, 0.2) is 28.7 Å². The second-order valence-corrected chi connectivity index (χ2v) is 4.94. The van der Waals surface area contributed by atoms with Gasteiger partial charge in [0, 0.05) is 23.2 Å². The van der Waals surface area contributed by atoms with Gasteiger partial charge in [-0.1, -0.05) is 15.9 Å². The summed E-state index contributed by atoms with van der Waals surface area (Å²) in [6, 6.07) is 7.27. The van der Waals surface area contributed by atoms with Crippen molar-refractivity contribution in [1.82, 2.24) is 10.2 Å². The van der Waals surface area contributed by atoms with Gasteiger partial charge in [0.15, 0.2) is 0 Å². The minimum absolute atomic E-state index is 0.191. The number of ether oxygens (including phenoxy) is 1. The first-order valence-corrected chi connectivity index (χ1v) is 6.64. The van der Waals surface area contributed by atoms with Gasteiger partial charge in [0.25, 0.3) is 0 Å². The van der Waals surface area contributed by atoms with Crippen molar-refractivity contribution in [2.75, 3.05) is 38.3 Å². The number of anilines is 1. The topological polar surface area (TPSA) is 53.6 Å². The van der Waals surface area contributed by atoms with Crippen LogP contribution in [0.1, 0.15) is 0 Å². The molecule has 0 radical (unpaired) electrons. The molecule has 98 valence electrons. The van der Waals surface area contributed by atoms with Crippen molar-refractivity contribution in [3.05, 3.63) is 28.7 Å². The number of nitrogens with one attached hydrogen (secondary N) is 2. The summed E-state index contributed by atoms with van der Waals surface area (Å²) in [5, 5.41) is 5.60. The molecule has 2 rings (SSSR count). The highest BCUT2D eigenvalue weighted by Crippen LogP contribution is 2.13. The van der Waals surface area contributed by atoms with Gasteiger partial charge in [0.05, 0.1) is 19.9 Å². The van der Waals surface area contributed by atoms with E-state index in [1.165, 1.54) is 0 Å². The van der Waals surface area contributed by atoms with Crippen molar-refractivity contribution < 1.29 is 9.53 Å². The van der Waals surface area contributed by atoms with Gasteiger partial charge in [-0.3, -0.25) is 4.90 Å². The third-order valence-corrected chi connectivity index (χ3v) is 3.20. The summed E-state index contributed by atoms with van der Waals surface area (Å²) in [5.74, 6) is 0. The van der Waals surface area contributed by atoms with Crippen molar-refractivity contribution in [2.24, 2.45) is 0 Å². The van der Waals surface area contributed by atoms with Crippen LogP contribution >= 0.6 is 15.9 Å². The van der Waals surface area contributed by atoms with Crippen LogP contribution in [-0.2, 0) is 4.74 Å². The summed E-state index contributed by atoms with van der Waals surface area (Å²) in [7, 11) is 0. The molecule has 18 heavy (non-hydrogen) atoms. The average Bonchev–Trinajstić information content (AvgIpc) is 2.40. The summed E-state index contributed by atoms with van der Waals surface area (Å²) in [4.78, 5) is 13.8. The molecule has 1 fully saturated rings. The number of hydrogen-bond donors (Lipinski definition) is 2. The van der Waals surface area contributed by atoms with E-state index in [0.29, 0.717) is 6.67 Å². The molecule has 0 atom stereocenters. The van der Waals surface area contributed by atoms with E-state index in [0.717, 1.165) is 36.5 Å². The Hall–Kier alpha value is -1.11. The van der Waals surface area contributed by atoms with E-state index in [4.69, 9.17) is 4.74 Å². The molecular weight excluding hydrogens is 298 g/mol. The predicted octanol–water partition coefficient (Wildman–Crippen LogP) is 1.86. The minimum atomic E-state index is -0.191. The quantitative estimate of drug-likeness (QED) is 0.895. The SMILES string of the molecule is O=C(NCN1CCOCC1)Nc1ccc(Br)cc1. The lowest BCUT2D eigenvalue weighted by molar-refractivity contribution is 0.0358. The van der Waals surface area contributed by atoms with Crippen LogP contribution in [0.25, 0.3) is 0 Å². The Balaban J connectivity index is 1.73. The number of rotatable bonds is 3. The number of hydrogen-bond acceptors (Lipinski definition) is 3. The normalized spacial score (nSPS) is 16.3. The summed E-state index contributed by atoms with van der Waals surface area (Å²) < 4.78 is 6.23. The molecular formula is C12H16BrN3O2. The first-order chi connectivity index (χ1) is 8.74. The molecule has 1 aliphatic heterocycles. The number of amides is 2. The number of halogens is 1. The zero-order valence-electron chi connectivity index (χ0n) is 9.99. The van der Waals surface area contributed by atoms with Gasteiger partial charge in [-0.05, 0) is 24.3 Å². The molecule has 0 unspecified atom stereocenters. The first kappa shape index (κ1) is 13.3. The zero-order chi connectivity index (χ0) is 12.8. The Kier molecular flexibility index (Phi) is 4.98. The molecule has 5 nitrogen and oxygen atoms in total. The van der Waals surface area contributed by atoms with Crippen LogP contribution in [0.4, 0.5) is 10.5 Å². The van der Waals surface area contributed by atoms with Crippen molar-refractivity contribution in [2.45, 2.75) is 0 Å². The van der Waals surface area contributed by atoms with Gasteiger partial charge in [-0.2, -0.15) is 0 Å². The van der Waals surface area contributed by atoms with Gasteiger partial charge in [-0.25, -0.2) is 4.79 Å². The molecule has 2 N–H and O–H groups in total. The Morgan fingerprint density at radius 3 is 2.61 bits per heavy atom. The van der Waals surface area contributed by atoms with Gasteiger partial charge >= 0.3 is 6.03 Å². The average molecular weight is 314 g/mol. The maximum absolute atomic E-state index is 11.6. The van der Waals surface area contributed by atoms with Gasteiger partial charge in [-0.15, -0.1) is 0 Å². The van der Waals surface area contributed by atoms with E-state index >= 15 is 0 Å². The number of carbonyl (C=O) groups excluding carboxylic acids is 1. The van der Waals surface area contributed by atoms with E-state index in [9.17, 15) is 4.79 Å². The van der Waals surface area contributed by atoms with E-state index < -0.39 is 0 Å². The second-order valence-electron chi connectivity index (χ2n) is 4.03. The van der Waals surface area contributed by atoms with E-state index in [1.807, 2.05) is 24.3 Å². The molecule has 0 aromatic heterocycles. The highest BCUT2D eigenvalue weighted by molar-refractivity contribution is 9.10. The molecule has 2 amide bonds. The number of urea groups is 1. The standard InChI is InChI=1S/C12H16BrN3O2/c13-10-1-3-11(4-2-10)15-12(17)14-9-16-5-7-18-8-6-16/h1-4H,5-9H2,(H2,14,15,17). The van der Waals surface area contributed by atoms with Crippen molar-refractivity contribution >= 4 is 27.6 Å². The number of carbonyl (C=O) groups is 1. The highest BCUT2D eigenvalue weighted by Gasteiger charge is 2.10. The van der Waals surface area contributed by atoms with Gasteiger partial charge < -0.3 is 15.4 Å². The lowest BCUT2D eigenvalue weighted by Gasteiger charge is -2.26. The lowest BCUT2D eigenvalue weighted by atomic mass is 10.3. The Bertz CT molecular complexity index is 391. The fourth-order valence-corrected chi connectivity index (χ4v) is 1.92. The summed E-state index contributed by atoms with van der Waals surface area (Å²) >= 11 is 3.35. The monoisotopic (exact) mass is 313 g/mol. The predicted molar refractivity (Wildman–Crippen MR) is 73.6 cm³/mol. The van der Waals surface area contributed by atoms with E-state index in [-0.39, 0.29) is 6.03 Å². The third kappa shape index (κ3) is 4.29. The van der Waals surface area contributed by atoms with Crippen LogP contribution in [0.5, 0.6) is 0 Å². The molecule has 1 heterocycles. The maximum atomic E-state index is 11.6. The van der Waals surface area contributed by atoms with Crippen LogP contribution in [-0.4, -0.2) is 43.9 Å². The van der Waals surface area contributed by atoms with Crippen LogP contribution < -0.4 is 10.6 Å². The lowest BCUT2D eigenvalue weighted by Crippen LogP contribution is -2.44. The fourth-order valence-electron chi connectivity index (χ4n) is 1.65. The third-order valence-electron chi connectivity index (χ3n) is 2.67. The number of nitrogens with zero attached hydrogens (tertiary/aromatic N) is 1. The molecule has 0 aliphatic carbocycles. The Labute approximate surface area is 115 Å². The summed E-state index contributed by atoms with van der Waals surface area (Å²) in [5.41, 5.74) is 0.776. The van der Waals surface area contributed by atoms with Crippen LogP contribution in [0.3, 0.4) is 0 Å². The fraction of sp³-hybridized carbons (Fsp3) is 0.417. The molecule has 1 aromatic carbocycles. The second kappa shape index (κ2) is 6.72. The van der Waals surface area contributed by atoms with Gasteiger partial charge in [0.2, 0.25) is 0 Å². The molecule has 1 aromatic rings. The zero-order valence-corrected chi connectivity index (χ0v) is 11.6. The molecule has 0 bridgehead atoms. The smallest absolute Gasteiger partial charge is 0.320 e. The molecule has 1 aliphatic rings. The van der Waals surface area contributed by atoms with E-state index in [1.54, 1.807) is 0 Å². The van der Waals surface area contributed by atoms with E-state index in [2.05, 4.69) is 31.5 Å². The molecule has 0 saturated carbocycles. The largest absolute Gasteiger partial charge is 0.379 e. The molecule has 1 saturated heterocycles. The van der Waals surface area contributed by atoms with Crippen molar-refractivity contribution in [1.29, 1.82) is 0 Å². The molecule has 0 spiro atoms. The minimum Gasteiger partial charge on any atom is -0.379 e. The highest BCUT2D eigenvalue weighted by atomic mass is 79.9. The Morgan fingerprint density at radius 1 is 1.28 bits per heavy atom. The number of benzene rings is 1. The number of morpholine rings is 1. The summed E-state index contributed by atoms with van der Waals surface area (Å²) in [6.45, 7) is 3.73. The summed E-state index contributed by atoms with van der Waals surface area (Å²) in [6.07, 6.45) is 0. The van der Waals surface area contributed by atoms with Crippen LogP contribution in [0.2, 0.25) is 0 Å². The van der Waals surface area contributed by atoms with Gasteiger partial charge in [0.1, 0.15) is 0 Å². The maximum Gasteiger partial charge on any atom is 0.320 e. The molecule has 6 heteroatoms. The van der Waals surface area contributed by atoms with Crippen molar-refractivity contribution in [3.8, 4) is 0 Å².